The van der Waals surface area contributed by atoms with Gasteiger partial charge in [0.2, 0.25) is 11.8 Å². The first-order valence-electron chi connectivity index (χ1n) is 6.73. The number of nitrogen functional groups attached to an aromatic ring is 1. The van der Waals surface area contributed by atoms with E-state index in [1.807, 2.05) is 12.1 Å². The van der Waals surface area contributed by atoms with E-state index in [0.29, 0.717) is 25.2 Å². The molecule has 5 heteroatoms. The topological polar surface area (TPSA) is 66.6 Å². The lowest BCUT2D eigenvalue weighted by Gasteiger charge is -2.44. The fourth-order valence-electron chi connectivity index (χ4n) is 2.56. The average Bonchev–Trinajstić information content (AvgIpc) is 2.38. The highest BCUT2D eigenvalue weighted by atomic mass is 16.2. The molecular formula is C15H21N3O2. The van der Waals surface area contributed by atoms with E-state index in [2.05, 4.69) is 0 Å². The van der Waals surface area contributed by atoms with Crippen molar-refractivity contribution in [3.05, 3.63) is 29.8 Å². The molecule has 1 aromatic carbocycles. The van der Waals surface area contributed by atoms with E-state index in [1.54, 1.807) is 42.8 Å². The second-order valence-electron chi connectivity index (χ2n) is 5.75. The summed E-state index contributed by atoms with van der Waals surface area (Å²) >= 11 is 0. The molecule has 1 heterocycles. The number of anilines is 1. The Morgan fingerprint density at radius 3 is 2.45 bits per heavy atom. The Morgan fingerprint density at radius 1 is 1.25 bits per heavy atom. The van der Waals surface area contributed by atoms with Gasteiger partial charge in [0.25, 0.3) is 0 Å². The number of amides is 2. The Balaban J connectivity index is 2.12. The third kappa shape index (κ3) is 2.61. The molecule has 1 fully saturated rings. The number of nitrogens with two attached hydrogens (primary N) is 1. The van der Waals surface area contributed by atoms with Crippen molar-refractivity contribution in [3.63, 3.8) is 0 Å². The predicted molar refractivity (Wildman–Crippen MR) is 78.0 cm³/mol. The Bertz CT molecular complexity index is 522. The predicted octanol–water partition coefficient (Wildman–Crippen LogP) is 0.890. The molecule has 1 saturated heterocycles. The molecule has 108 valence electrons. The number of benzene rings is 1. The molecule has 1 aliphatic rings. The molecular weight excluding hydrogens is 254 g/mol. The van der Waals surface area contributed by atoms with Crippen molar-refractivity contribution in [1.82, 2.24) is 9.80 Å². The van der Waals surface area contributed by atoms with E-state index < -0.39 is 5.54 Å². The van der Waals surface area contributed by atoms with Gasteiger partial charge < -0.3 is 15.5 Å². The molecule has 0 radical (unpaired) electrons. The van der Waals surface area contributed by atoms with E-state index in [1.165, 1.54) is 0 Å². The third-order valence-corrected chi connectivity index (χ3v) is 3.84. The molecule has 0 unspecified atom stereocenters. The van der Waals surface area contributed by atoms with Gasteiger partial charge in [0.05, 0.1) is 6.42 Å². The van der Waals surface area contributed by atoms with Crippen LogP contribution >= 0.6 is 0 Å². The van der Waals surface area contributed by atoms with Crippen LogP contribution in [0.25, 0.3) is 0 Å². The van der Waals surface area contributed by atoms with Gasteiger partial charge in [-0.3, -0.25) is 9.59 Å². The number of carbonyl (C=O) groups is 2. The number of likely N-dealkylation sites (N-methyl/N-ethyl adjacent to an activating group) is 1. The molecule has 0 spiro atoms. The largest absolute Gasteiger partial charge is 0.399 e. The summed E-state index contributed by atoms with van der Waals surface area (Å²) in [5.74, 6) is -0.0457. The van der Waals surface area contributed by atoms with Gasteiger partial charge in [-0.25, -0.2) is 0 Å². The van der Waals surface area contributed by atoms with Gasteiger partial charge in [-0.05, 0) is 31.5 Å². The SMILES string of the molecule is CN1CCN(C(=O)Cc2ccc(N)cc2)C(C)(C)C1=O. The normalized spacial score (nSPS) is 18.2. The zero-order valence-corrected chi connectivity index (χ0v) is 12.2. The maximum atomic E-state index is 12.4. The van der Waals surface area contributed by atoms with Crippen molar-refractivity contribution >= 4 is 17.5 Å². The van der Waals surface area contributed by atoms with Crippen LogP contribution < -0.4 is 5.73 Å². The molecule has 5 nitrogen and oxygen atoms in total. The van der Waals surface area contributed by atoms with Gasteiger partial charge in [0.1, 0.15) is 5.54 Å². The summed E-state index contributed by atoms with van der Waals surface area (Å²) in [6.45, 7) is 4.75. The highest BCUT2D eigenvalue weighted by Gasteiger charge is 2.42. The standard InChI is InChI=1S/C15H21N3O2/c1-15(2)14(20)17(3)8-9-18(15)13(19)10-11-4-6-12(16)7-5-11/h4-7H,8-10,16H2,1-3H3. The Morgan fingerprint density at radius 2 is 1.85 bits per heavy atom. The molecule has 1 aliphatic heterocycles. The van der Waals surface area contributed by atoms with Crippen molar-refractivity contribution in [1.29, 1.82) is 0 Å². The molecule has 0 atom stereocenters. The van der Waals surface area contributed by atoms with E-state index in [9.17, 15) is 9.59 Å². The van der Waals surface area contributed by atoms with Crippen LogP contribution in [0.1, 0.15) is 19.4 Å². The summed E-state index contributed by atoms with van der Waals surface area (Å²) in [5.41, 5.74) is 6.44. The summed E-state index contributed by atoms with van der Waals surface area (Å²) in [6, 6.07) is 7.25. The number of hydrogen-bond donors (Lipinski definition) is 1. The number of hydrogen-bond acceptors (Lipinski definition) is 3. The Labute approximate surface area is 119 Å². The van der Waals surface area contributed by atoms with Crippen LogP contribution in [0, 0.1) is 0 Å². The summed E-state index contributed by atoms with van der Waals surface area (Å²) in [6.07, 6.45) is 0.292. The molecule has 0 aliphatic carbocycles. The van der Waals surface area contributed by atoms with E-state index >= 15 is 0 Å². The first-order valence-corrected chi connectivity index (χ1v) is 6.73. The van der Waals surface area contributed by atoms with Crippen molar-refractivity contribution in [2.45, 2.75) is 25.8 Å². The van der Waals surface area contributed by atoms with Crippen molar-refractivity contribution in [2.24, 2.45) is 0 Å². The van der Waals surface area contributed by atoms with Gasteiger partial charge in [-0.15, -0.1) is 0 Å². The first-order chi connectivity index (χ1) is 9.32. The molecule has 20 heavy (non-hydrogen) atoms. The molecule has 2 rings (SSSR count). The second-order valence-corrected chi connectivity index (χ2v) is 5.75. The Hall–Kier alpha value is -2.04. The van der Waals surface area contributed by atoms with Crippen LogP contribution in [0.3, 0.4) is 0 Å². The van der Waals surface area contributed by atoms with Gasteiger partial charge in [0, 0.05) is 25.8 Å². The van der Waals surface area contributed by atoms with Crippen molar-refractivity contribution < 1.29 is 9.59 Å². The summed E-state index contributed by atoms with van der Waals surface area (Å²) < 4.78 is 0. The highest BCUT2D eigenvalue weighted by molar-refractivity contribution is 5.92. The monoisotopic (exact) mass is 275 g/mol. The smallest absolute Gasteiger partial charge is 0.247 e. The van der Waals surface area contributed by atoms with Crippen LogP contribution in [0.5, 0.6) is 0 Å². The third-order valence-electron chi connectivity index (χ3n) is 3.84. The van der Waals surface area contributed by atoms with Gasteiger partial charge in [0.15, 0.2) is 0 Å². The summed E-state index contributed by atoms with van der Waals surface area (Å²) in [7, 11) is 1.77. The van der Waals surface area contributed by atoms with E-state index in [4.69, 9.17) is 5.73 Å². The van der Waals surface area contributed by atoms with Crippen LogP contribution in [0.2, 0.25) is 0 Å². The minimum Gasteiger partial charge on any atom is -0.399 e. The lowest BCUT2D eigenvalue weighted by atomic mass is 9.96. The van der Waals surface area contributed by atoms with Crippen LogP contribution in [0.15, 0.2) is 24.3 Å². The maximum Gasteiger partial charge on any atom is 0.247 e. The molecule has 2 amide bonds. The molecule has 0 bridgehead atoms. The minimum atomic E-state index is -0.780. The lowest BCUT2D eigenvalue weighted by Crippen LogP contribution is -2.63. The summed E-state index contributed by atoms with van der Waals surface area (Å²) in [4.78, 5) is 28.0. The Kier molecular flexibility index (Phi) is 3.70. The fraction of sp³-hybridized carbons (Fsp3) is 0.467. The number of rotatable bonds is 2. The van der Waals surface area contributed by atoms with Gasteiger partial charge in [-0.2, -0.15) is 0 Å². The first kappa shape index (κ1) is 14.4. The molecule has 0 aromatic heterocycles. The quantitative estimate of drug-likeness (QED) is 0.815. The molecule has 0 saturated carbocycles. The van der Waals surface area contributed by atoms with Crippen molar-refractivity contribution in [2.75, 3.05) is 25.9 Å². The molecule has 2 N–H and O–H groups in total. The van der Waals surface area contributed by atoms with Gasteiger partial charge >= 0.3 is 0 Å². The average molecular weight is 275 g/mol. The zero-order valence-electron chi connectivity index (χ0n) is 12.2. The number of carbonyl (C=O) groups excluding carboxylic acids is 2. The second kappa shape index (κ2) is 5.15. The zero-order chi connectivity index (χ0) is 14.9. The minimum absolute atomic E-state index is 0.0191. The van der Waals surface area contributed by atoms with Crippen LogP contribution in [-0.4, -0.2) is 47.3 Å². The number of nitrogens with zero attached hydrogens (tertiary/aromatic N) is 2. The lowest BCUT2D eigenvalue weighted by molar-refractivity contribution is -0.156. The maximum absolute atomic E-state index is 12.4. The van der Waals surface area contributed by atoms with E-state index in [0.717, 1.165) is 5.56 Å². The number of piperazine rings is 1. The highest BCUT2D eigenvalue weighted by Crippen LogP contribution is 2.22. The van der Waals surface area contributed by atoms with Crippen LogP contribution in [-0.2, 0) is 16.0 Å². The molecule has 1 aromatic rings. The van der Waals surface area contributed by atoms with E-state index in [-0.39, 0.29) is 11.8 Å². The van der Waals surface area contributed by atoms with Gasteiger partial charge in [-0.1, -0.05) is 12.1 Å². The summed E-state index contributed by atoms with van der Waals surface area (Å²) in [5, 5.41) is 0. The fourth-order valence-corrected chi connectivity index (χ4v) is 2.56. The van der Waals surface area contributed by atoms with Crippen molar-refractivity contribution in [3.8, 4) is 0 Å². The van der Waals surface area contributed by atoms with Crippen LogP contribution in [0.4, 0.5) is 5.69 Å².